The quantitative estimate of drug-likeness (QED) is 0.170. The van der Waals surface area contributed by atoms with Crippen LogP contribution in [0.25, 0.3) is 0 Å². The molecule has 0 aromatic heterocycles. The van der Waals surface area contributed by atoms with E-state index in [9.17, 15) is 19.5 Å². The number of anilines is 1. The molecule has 1 heterocycles. The van der Waals surface area contributed by atoms with Crippen molar-refractivity contribution >= 4 is 35.4 Å². The maximum atomic E-state index is 12.0. The molecule has 43 heavy (non-hydrogen) atoms. The number of amides is 3. The minimum absolute atomic E-state index is 0.0220. The van der Waals surface area contributed by atoms with Gasteiger partial charge in [-0.2, -0.15) is 0 Å². The number of aliphatic hydroxyl groups excluding tert-OH is 1. The molecule has 10 nitrogen and oxygen atoms in total. The molecule has 228 valence electrons. The predicted molar refractivity (Wildman–Crippen MR) is 163 cm³/mol. The van der Waals surface area contributed by atoms with Crippen LogP contribution in [0.5, 0.6) is 0 Å². The van der Waals surface area contributed by atoms with Crippen LogP contribution in [-0.4, -0.2) is 48.0 Å². The molecular formula is C32H37N3O7S. The number of benzene rings is 3. The van der Waals surface area contributed by atoms with Crippen LogP contribution in [0.2, 0.25) is 0 Å². The van der Waals surface area contributed by atoms with Crippen LogP contribution < -0.4 is 16.0 Å². The van der Waals surface area contributed by atoms with Crippen molar-refractivity contribution in [2.75, 3.05) is 24.2 Å². The highest BCUT2D eigenvalue weighted by Gasteiger charge is 2.32. The molecule has 3 amide bonds. The molecule has 1 aliphatic rings. The molecule has 0 aliphatic carbocycles. The molecule has 3 aromatic rings. The van der Waals surface area contributed by atoms with Crippen LogP contribution in [0.3, 0.4) is 0 Å². The standard InChI is InChI=1S/C32H37N3O7S/c1-3-40-30(38)18-34-32(39)33-17-22-4-10-25(11-5-22)31-41-27(16-29(42-31)24-8-6-23(19-36)7-9-24)20-43-28-14-12-26(13-15-28)35-21(2)37/h4-15,27,29,31,36H,3,16-20H2,1-2H3,(H,35,37)(H2,33,34,39)/t27-,29+,31+/m1/s1. The summed E-state index contributed by atoms with van der Waals surface area (Å²) >= 11 is 1.67. The second kappa shape index (κ2) is 16.1. The lowest BCUT2D eigenvalue weighted by Gasteiger charge is -2.36. The van der Waals surface area contributed by atoms with Crippen molar-refractivity contribution in [2.45, 2.75) is 56.8 Å². The summed E-state index contributed by atoms with van der Waals surface area (Å²) in [4.78, 5) is 35.8. The molecule has 4 rings (SSSR count). The maximum absolute atomic E-state index is 12.0. The number of nitrogens with one attached hydrogen (secondary N) is 3. The minimum atomic E-state index is -0.598. The van der Waals surface area contributed by atoms with Crippen molar-refractivity contribution in [3.8, 4) is 0 Å². The number of esters is 1. The molecule has 1 fully saturated rings. The largest absolute Gasteiger partial charge is 0.465 e. The molecule has 1 aliphatic heterocycles. The molecule has 0 spiro atoms. The van der Waals surface area contributed by atoms with Gasteiger partial charge in [-0.15, -0.1) is 11.8 Å². The Balaban J connectivity index is 1.39. The smallest absolute Gasteiger partial charge is 0.325 e. The number of ether oxygens (including phenoxy) is 3. The van der Waals surface area contributed by atoms with Gasteiger partial charge in [0, 0.05) is 41.8 Å². The monoisotopic (exact) mass is 607 g/mol. The first-order chi connectivity index (χ1) is 20.8. The zero-order chi connectivity index (χ0) is 30.6. The van der Waals surface area contributed by atoms with E-state index in [0.717, 1.165) is 32.8 Å². The Labute approximate surface area is 255 Å². The van der Waals surface area contributed by atoms with E-state index in [1.807, 2.05) is 72.8 Å². The molecule has 4 N–H and O–H groups in total. The van der Waals surface area contributed by atoms with Crippen LogP contribution in [0, 0.1) is 0 Å². The van der Waals surface area contributed by atoms with E-state index in [2.05, 4.69) is 16.0 Å². The van der Waals surface area contributed by atoms with E-state index in [1.54, 1.807) is 18.7 Å². The predicted octanol–water partition coefficient (Wildman–Crippen LogP) is 4.84. The van der Waals surface area contributed by atoms with E-state index in [-0.39, 0.29) is 44.4 Å². The Bertz CT molecular complexity index is 1350. The Morgan fingerprint density at radius 1 is 0.907 bits per heavy atom. The van der Waals surface area contributed by atoms with E-state index < -0.39 is 18.3 Å². The van der Waals surface area contributed by atoms with Gasteiger partial charge in [-0.05, 0) is 47.9 Å². The summed E-state index contributed by atoms with van der Waals surface area (Å²) < 4.78 is 17.6. The van der Waals surface area contributed by atoms with Gasteiger partial charge in [-0.1, -0.05) is 48.5 Å². The summed E-state index contributed by atoms with van der Waals surface area (Å²) in [6.45, 7) is 3.51. The fraction of sp³-hybridized carbons (Fsp3) is 0.344. The van der Waals surface area contributed by atoms with Crippen molar-refractivity contribution in [2.24, 2.45) is 0 Å². The van der Waals surface area contributed by atoms with Gasteiger partial charge in [0.15, 0.2) is 6.29 Å². The highest BCUT2D eigenvalue weighted by Crippen LogP contribution is 2.39. The summed E-state index contributed by atoms with van der Waals surface area (Å²) in [5.74, 6) is 0.0997. The average Bonchev–Trinajstić information content (AvgIpc) is 3.02. The Morgan fingerprint density at radius 2 is 1.58 bits per heavy atom. The van der Waals surface area contributed by atoms with Crippen LogP contribution in [0.15, 0.2) is 77.7 Å². The van der Waals surface area contributed by atoms with Crippen LogP contribution in [0.1, 0.15) is 54.9 Å². The number of thioether (sulfide) groups is 1. The number of hydrogen-bond acceptors (Lipinski definition) is 8. The van der Waals surface area contributed by atoms with Gasteiger partial charge in [-0.3, -0.25) is 9.59 Å². The normalized spacial score (nSPS) is 18.0. The van der Waals surface area contributed by atoms with Crippen molar-refractivity contribution in [3.05, 3.63) is 95.1 Å². The van der Waals surface area contributed by atoms with Crippen LogP contribution in [-0.2, 0) is 37.0 Å². The zero-order valence-electron chi connectivity index (χ0n) is 24.2. The number of rotatable bonds is 12. The number of carbonyl (C=O) groups is 3. The number of hydrogen-bond donors (Lipinski definition) is 4. The van der Waals surface area contributed by atoms with Crippen molar-refractivity contribution in [1.82, 2.24) is 10.6 Å². The molecule has 11 heteroatoms. The van der Waals surface area contributed by atoms with Crippen molar-refractivity contribution in [3.63, 3.8) is 0 Å². The first-order valence-corrected chi connectivity index (χ1v) is 15.1. The van der Waals surface area contributed by atoms with Gasteiger partial charge < -0.3 is 35.3 Å². The lowest BCUT2D eigenvalue weighted by molar-refractivity contribution is -0.245. The average molecular weight is 608 g/mol. The SMILES string of the molecule is CCOC(=O)CNC(=O)NCc1ccc([C@H]2O[C@@H](CSc3ccc(NC(C)=O)cc3)C[C@@H](c3ccc(CO)cc3)O2)cc1. The van der Waals surface area contributed by atoms with E-state index in [0.29, 0.717) is 12.2 Å². The summed E-state index contributed by atoms with van der Waals surface area (Å²) in [5, 5.41) is 17.4. The molecule has 3 atom stereocenters. The third-order valence-corrected chi connectivity index (χ3v) is 7.77. The number of urea groups is 1. The lowest BCUT2D eigenvalue weighted by atomic mass is 10.0. The number of aliphatic hydroxyl groups is 1. The molecule has 0 radical (unpaired) electrons. The van der Waals surface area contributed by atoms with Crippen LogP contribution >= 0.6 is 11.8 Å². The van der Waals surface area contributed by atoms with E-state index in [4.69, 9.17) is 14.2 Å². The fourth-order valence-electron chi connectivity index (χ4n) is 4.45. The van der Waals surface area contributed by atoms with Gasteiger partial charge in [0.25, 0.3) is 0 Å². The first kappa shape index (κ1) is 32.0. The third kappa shape index (κ3) is 10.1. The molecule has 3 aromatic carbocycles. The Morgan fingerprint density at radius 3 is 2.23 bits per heavy atom. The fourth-order valence-corrected chi connectivity index (χ4v) is 5.37. The van der Waals surface area contributed by atoms with Gasteiger partial charge in [0.2, 0.25) is 5.91 Å². The summed E-state index contributed by atoms with van der Waals surface area (Å²) in [5.41, 5.74) is 4.32. The Hall–Kier alpha value is -3.90. The number of carbonyl (C=O) groups excluding carboxylic acids is 3. The minimum Gasteiger partial charge on any atom is -0.465 e. The highest BCUT2D eigenvalue weighted by molar-refractivity contribution is 7.99. The van der Waals surface area contributed by atoms with Gasteiger partial charge in [-0.25, -0.2) is 4.79 Å². The topological polar surface area (TPSA) is 135 Å². The van der Waals surface area contributed by atoms with Crippen LogP contribution in [0.4, 0.5) is 10.5 Å². The van der Waals surface area contributed by atoms with Gasteiger partial charge >= 0.3 is 12.0 Å². The molecule has 1 saturated heterocycles. The highest BCUT2D eigenvalue weighted by atomic mass is 32.2. The third-order valence-electron chi connectivity index (χ3n) is 6.63. The lowest BCUT2D eigenvalue weighted by Crippen LogP contribution is -2.38. The van der Waals surface area contributed by atoms with E-state index in [1.165, 1.54) is 6.92 Å². The Kier molecular flexibility index (Phi) is 12.0. The molecule has 0 bridgehead atoms. The second-order valence-corrected chi connectivity index (χ2v) is 11.0. The zero-order valence-corrected chi connectivity index (χ0v) is 25.0. The van der Waals surface area contributed by atoms with Crippen molar-refractivity contribution < 1.29 is 33.7 Å². The van der Waals surface area contributed by atoms with Gasteiger partial charge in [0.1, 0.15) is 6.54 Å². The molecule has 0 saturated carbocycles. The molecule has 0 unspecified atom stereocenters. The maximum Gasteiger partial charge on any atom is 0.325 e. The van der Waals surface area contributed by atoms with Crippen molar-refractivity contribution in [1.29, 1.82) is 0 Å². The summed E-state index contributed by atoms with van der Waals surface area (Å²) in [6.07, 6.45) is -0.247. The molecular weight excluding hydrogens is 570 g/mol. The summed E-state index contributed by atoms with van der Waals surface area (Å²) in [7, 11) is 0. The summed E-state index contributed by atoms with van der Waals surface area (Å²) in [6, 6.07) is 22.6. The first-order valence-electron chi connectivity index (χ1n) is 14.1. The van der Waals surface area contributed by atoms with Gasteiger partial charge in [0.05, 0.1) is 25.4 Å². The van der Waals surface area contributed by atoms with E-state index >= 15 is 0 Å². The second-order valence-electron chi connectivity index (χ2n) is 9.95.